The summed E-state index contributed by atoms with van der Waals surface area (Å²) in [6.45, 7) is 11.2. The van der Waals surface area contributed by atoms with Crippen LogP contribution in [-0.2, 0) is 87.8 Å². The van der Waals surface area contributed by atoms with E-state index in [4.69, 9.17) is 17.9 Å². The number of anilines is 1. The topological polar surface area (TPSA) is 272 Å². The molecule has 0 bridgehead atoms. The van der Waals surface area contributed by atoms with Crippen LogP contribution in [-0.4, -0.2) is 122 Å². The molecule has 0 aromatic heterocycles. The number of allylic oxidation sites excluding steroid dienone is 4. The monoisotopic (exact) mass is 1040 g/mol. The van der Waals surface area contributed by atoms with Crippen molar-refractivity contribution in [1.82, 2.24) is 5.06 Å². The van der Waals surface area contributed by atoms with Gasteiger partial charge in [-0.05, 0) is 121 Å². The summed E-state index contributed by atoms with van der Waals surface area (Å²) < 4.78 is 133. The van der Waals surface area contributed by atoms with Gasteiger partial charge in [-0.15, -0.1) is 5.06 Å². The van der Waals surface area contributed by atoms with Gasteiger partial charge in [0.1, 0.15) is 0 Å². The fourth-order valence-electron chi connectivity index (χ4n) is 8.85. The van der Waals surface area contributed by atoms with Gasteiger partial charge in [-0.2, -0.15) is 38.2 Å². The summed E-state index contributed by atoms with van der Waals surface area (Å²) in [5, 5.41) is 3.89. The van der Waals surface area contributed by atoms with Crippen molar-refractivity contribution in [2.75, 3.05) is 44.8 Å². The molecule has 24 heteroatoms. The van der Waals surface area contributed by atoms with Crippen molar-refractivity contribution in [2.45, 2.75) is 132 Å². The summed E-state index contributed by atoms with van der Waals surface area (Å²) >= 11 is 0. The molecule has 5 rings (SSSR count). The quantitative estimate of drug-likeness (QED) is 0.0583. The van der Waals surface area contributed by atoms with E-state index < -0.39 is 80.4 Å². The Morgan fingerprint density at radius 3 is 2.00 bits per heavy atom. The highest BCUT2D eigenvalue weighted by Crippen LogP contribution is 2.49. The third-order valence-corrected chi connectivity index (χ3v) is 17.5. The maximum Gasteiger partial charge on any atom is 0.333 e. The summed E-state index contributed by atoms with van der Waals surface area (Å²) in [4.78, 5) is 41.3. The van der Waals surface area contributed by atoms with Crippen LogP contribution >= 0.6 is 0 Å². The molecule has 3 aliphatic heterocycles. The third-order valence-electron chi connectivity index (χ3n) is 12.9. The Morgan fingerprint density at radius 1 is 0.855 bits per heavy atom. The number of hydrogen-bond donors (Lipinski definition) is 2. The molecule has 2 aromatic rings. The Bertz CT molecular complexity index is 2890. The van der Waals surface area contributed by atoms with Crippen LogP contribution in [0.25, 0.3) is 0 Å². The van der Waals surface area contributed by atoms with Crippen molar-refractivity contribution < 1.29 is 79.3 Å². The number of nitrogens with one attached hydrogen (secondary N) is 1. The molecule has 0 spiro atoms. The number of ether oxygens (including phenoxy) is 1. The SMILES string of the molecule is COS(=O)(=O)CCCC1(C)/C(=C\C(C)=C\C2=[N+](C(C)CCOC(C)(C)CCC(=O)ON3C(=O)CCC3=O)c3ccc(S(=O)(=O)OC)cc3C2(C)CCCS(=O)(=O)O)Nc2ccc(S(=O)(=O)OC)cc21. The average Bonchev–Trinajstić information content (AvgIpc) is 3.82. The van der Waals surface area contributed by atoms with Gasteiger partial charge >= 0.3 is 5.97 Å². The lowest BCUT2D eigenvalue weighted by Gasteiger charge is -2.27. The zero-order chi connectivity index (χ0) is 51.5. The molecule has 0 radical (unpaired) electrons. The van der Waals surface area contributed by atoms with Gasteiger partial charge in [-0.3, -0.25) is 26.7 Å². The smallest absolute Gasteiger partial charge is 0.333 e. The lowest BCUT2D eigenvalue weighted by Crippen LogP contribution is -2.35. The molecular weight excluding hydrogens is 983 g/mol. The van der Waals surface area contributed by atoms with Crippen LogP contribution in [0.3, 0.4) is 0 Å². The predicted molar refractivity (Wildman–Crippen MR) is 253 cm³/mol. The van der Waals surface area contributed by atoms with Gasteiger partial charge in [-0.25, -0.2) is 4.79 Å². The van der Waals surface area contributed by atoms with Gasteiger partial charge in [-0.1, -0.05) is 0 Å². The van der Waals surface area contributed by atoms with E-state index in [-0.39, 0.29) is 79.6 Å². The second-order valence-corrected chi connectivity index (χ2v) is 25.2. The van der Waals surface area contributed by atoms with Crippen molar-refractivity contribution in [3.63, 3.8) is 0 Å². The van der Waals surface area contributed by atoms with Crippen molar-refractivity contribution in [3.8, 4) is 0 Å². The molecule has 382 valence electrons. The Balaban J connectivity index is 1.58. The van der Waals surface area contributed by atoms with E-state index >= 15 is 0 Å². The van der Waals surface area contributed by atoms with E-state index in [1.807, 2.05) is 44.4 Å². The molecule has 20 nitrogen and oxygen atoms in total. The van der Waals surface area contributed by atoms with E-state index in [0.717, 1.165) is 21.3 Å². The van der Waals surface area contributed by atoms with Crippen molar-refractivity contribution >= 4 is 75.3 Å². The number of fused-ring (bicyclic) bond motifs is 2. The largest absolute Gasteiger partial charge is 0.375 e. The number of carbonyl (C=O) groups excluding carboxylic acids is 3. The molecule has 1 fully saturated rings. The normalized spacial score (nSPS) is 21.2. The summed E-state index contributed by atoms with van der Waals surface area (Å²) in [6.07, 6.45) is 4.52. The predicted octanol–water partition coefficient (Wildman–Crippen LogP) is 5.31. The zero-order valence-electron chi connectivity index (χ0n) is 40.2. The number of hydrogen-bond acceptors (Lipinski definition) is 17. The minimum Gasteiger partial charge on any atom is -0.375 e. The lowest BCUT2D eigenvalue weighted by molar-refractivity contribution is -0.480. The van der Waals surface area contributed by atoms with Gasteiger partial charge in [0.15, 0.2) is 11.8 Å². The average molecular weight is 1050 g/mol. The summed E-state index contributed by atoms with van der Waals surface area (Å²) in [6, 6.07) is 8.64. The van der Waals surface area contributed by atoms with Crippen molar-refractivity contribution in [1.29, 1.82) is 0 Å². The van der Waals surface area contributed by atoms with Crippen LogP contribution in [0.4, 0.5) is 11.4 Å². The first-order chi connectivity index (χ1) is 31.9. The Hall–Kier alpha value is -4.40. The second kappa shape index (κ2) is 21.1. The number of imide groups is 1. The first kappa shape index (κ1) is 55.5. The highest BCUT2D eigenvalue weighted by atomic mass is 32.2. The van der Waals surface area contributed by atoms with Crippen LogP contribution in [0.2, 0.25) is 0 Å². The first-order valence-electron chi connectivity index (χ1n) is 22.1. The van der Waals surface area contributed by atoms with E-state index in [2.05, 4.69) is 9.50 Å². The number of hydroxylamine groups is 2. The van der Waals surface area contributed by atoms with Crippen molar-refractivity contribution in [3.05, 3.63) is 70.9 Å². The number of amides is 2. The van der Waals surface area contributed by atoms with E-state index in [0.29, 0.717) is 51.0 Å². The Labute approximate surface area is 405 Å². The van der Waals surface area contributed by atoms with Gasteiger partial charge < -0.3 is 14.9 Å². The molecule has 3 heterocycles. The van der Waals surface area contributed by atoms with Gasteiger partial charge in [0, 0.05) is 53.8 Å². The van der Waals surface area contributed by atoms with Crippen LogP contribution < -0.4 is 5.32 Å². The minimum atomic E-state index is -4.40. The highest BCUT2D eigenvalue weighted by Gasteiger charge is 2.50. The Morgan fingerprint density at radius 2 is 1.42 bits per heavy atom. The van der Waals surface area contributed by atoms with Crippen LogP contribution in [0.15, 0.2) is 69.6 Å². The molecule has 0 aliphatic carbocycles. The van der Waals surface area contributed by atoms with Crippen molar-refractivity contribution in [2.24, 2.45) is 0 Å². The summed E-state index contributed by atoms with van der Waals surface area (Å²) in [7, 11) is -13.4. The lowest BCUT2D eigenvalue weighted by atomic mass is 9.75. The first-order valence-corrected chi connectivity index (χ1v) is 28.1. The standard InChI is InChI=1S/C45H61N3O17S4/c1-30(26-38-44(5,20-11-25-67(55,56)61-7)34-28-32(68(57,58)62-8)12-14-36(34)46-38)27-39-45(6,21-10-24-66(52,53)54)35-29-33(69(59,60)63-9)13-15-37(35)47(39)31(2)19-23-64-43(3,4)22-18-42(51)65-48-40(49)16-17-41(48)50/h12-15,26-29,31H,10-11,16-25H2,1-9H3,(H,52,53,54)/p+1. The second-order valence-electron chi connectivity index (χ2n) is 18.3. The van der Waals surface area contributed by atoms with Gasteiger partial charge in [0.2, 0.25) is 5.69 Å². The molecule has 0 saturated carbocycles. The van der Waals surface area contributed by atoms with Crippen LogP contribution in [0, 0.1) is 0 Å². The van der Waals surface area contributed by atoms with E-state index in [1.165, 1.54) is 24.3 Å². The van der Waals surface area contributed by atoms with E-state index in [9.17, 15) is 52.6 Å². The molecule has 3 unspecified atom stereocenters. The molecule has 1 saturated heterocycles. The maximum atomic E-state index is 13.1. The molecule has 69 heavy (non-hydrogen) atoms. The maximum absolute atomic E-state index is 13.1. The molecule has 2 N–H and O–H groups in total. The van der Waals surface area contributed by atoms with Gasteiger partial charge in [0.25, 0.3) is 52.3 Å². The highest BCUT2D eigenvalue weighted by molar-refractivity contribution is 7.87. The van der Waals surface area contributed by atoms with Crippen LogP contribution in [0.1, 0.15) is 110 Å². The fourth-order valence-corrected chi connectivity index (χ4v) is 11.4. The van der Waals surface area contributed by atoms with E-state index in [1.54, 1.807) is 26.0 Å². The third kappa shape index (κ3) is 12.9. The van der Waals surface area contributed by atoms with Crippen LogP contribution in [0.5, 0.6) is 0 Å². The number of benzene rings is 2. The molecule has 2 amide bonds. The fraction of sp³-hybridized carbons (Fsp3) is 0.556. The number of rotatable bonds is 24. The molecule has 3 atom stereocenters. The Kier molecular flexibility index (Phi) is 17.0. The zero-order valence-corrected chi connectivity index (χ0v) is 43.5. The number of carbonyl (C=O) groups is 3. The summed E-state index contributed by atoms with van der Waals surface area (Å²) in [5.41, 5.74) is 1.22. The minimum absolute atomic E-state index is 0.0262. The number of nitrogens with zero attached hydrogens (tertiary/aromatic N) is 2. The van der Waals surface area contributed by atoms with Gasteiger partial charge in [0.05, 0.1) is 66.7 Å². The molecule has 3 aliphatic rings. The molecule has 2 aromatic carbocycles. The molecular formula is C45H62N3O17S4+. The summed E-state index contributed by atoms with van der Waals surface area (Å²) in [5.74, 6) is -2.83.